The van der Waals surface area contributed by atoms with E-state index in [9.17, 15) is 4.79 Å². The summed E-state index contributed by atoms with van der Waals surface area (Å²) in [7, 11) is 1.62. The average molecular weight is 278 g/mol. The van der Waals surface area contributed by atoms with Gasteiger partial charge < -0.3 is 15.4 Å². The number of carbonyl (C=O) groups excluding carboxylic acids is 1. The molecule has 0 fully saturated rings. The van der Waals surface area contributed by atoms with E-state index in [1.54, 1.807) is 7.11 Å². The summed E-state index contributed by atoms with van der Waals surface area (Å²) in [6.45, 7) is 8.81. The zero-order chi connectivity index (χ0) is 15.2. The third kappa shape index (κ3) is 6.17. The van der Waals surface area contributed by atoms with Gasteiger partial charge in [-0.25, -0.2) is 0 Å². The first-order chi connectivity index (χ1) is 9.32. The molecule has 4 nitrogen and oxygen atoms in total. The number of anilines is 1. The van der Waals surface area contributed by atoms with Crippen molar-refractivity contribution in [2.45, 2.75) is 52.3 Å². The summed E-state index contributed by atoms with van der Waals surface area (Å²) in [6, 6.07) is 8.33. The van der Waals surface area contributed by atoms with Gasteiger partial charge in [-0.3, -0.25) is 4.79 Å². The predicted octanol–water partition coefficient (Wildman–Crippen LogP) is 2.94. The molecular formula is C16H26N2O2. The first-order valence-electron chi connectivity index (χ1n) is 7.00. The fourth-order valence-electron chi connectivity index (χ4n) is 1.75. The van der Waals surface area contributed by atoms with Crippen LogP contribution in [0.3, 0.4) is 0 Å². The highest BCUT2D eigenvalue weighted by molar-refractivity contribution is 5.91. The van der Waals surface area contributed by atoms with Crippen LogP contribution in [0.5, 0.6) is 0 Å². The van der Waals surface area contributed by atoms with Gasteiger partial charge in [-0.2, -0.15) is 0 Å². The Morgan fingerprint density at radius 3 is 2.65 bits per heavy atom. The van der Waals surface area contributed by atoms with Crippen LogP contribution in [0.1, 0.15) is 39.7 Å². The maximum atomic E-state index is 12.0. The lowest BCUT2D eigenvalue weighted by molar-refractivity contribution is -0.121. The molecule has 0 radical (unpaired) electrons. The van der Waals surface area contributed by atoms with Crippen molar-refractivity contribution in [3.63, 3.8) is 0 Å². The average Bonchev–Trinajstić information content (AvgIpc) is 2.36. The van der Waals surface area contributed by atoms with Crippen LogP contribution in [0.2, 0.25) is 0 Å². The van der Waals surface area contributed by atoms with E-state index in [4.69, 9.17) is 4.74 Å². The van der Waals surface area contributed by atoms with Crippen molar-refractivity contribution in [1.82, 2.24) is 5.32 Å². The first-order valence-corrected chi connectivity index (χ1v) is 7.00. The van der Waals surface area contributed by atoms with Crippen molar-refractivity contribution in [2.24, 2.45) is 0 Å². The van der Waals surface area contributed by atoms with E-state index < -0.39 is 5.60 Å². The van der Waals surface area contributed by atoms with Gasteiger partial charge >= 0.3 is 0 Å². The molecule has 0 aliphatic carbocycles. The zero-order valence-electron chi connectivity index (χ0n) is 13.1. The summed E-state index contributed by atoms with van der Waals surface area (Å²) in [5.74, 6) is -0.0363. The molecule has 1 amide bonds. The summed E-state index contributed by atoms with van der Waals surface area (Å²) < 4.78 is 5.26. The van der Waals surface area contributed by atoms with Crippen LogP contribution >= 0.6 is 0 Å². The van der Waals surface area contributed by atoms with Crippen LogP contribution in [0.15, 0.2) is 24.3 Å². The molecule has 112 valence electrons. The molecule has 1 aromatic carbocycles. The molecule has 20 heavy (non-hydrogen) atoms. The van der Waals surface area contributed by atoms with Crippen LogP contribution in [-0.2, 0) is 16.1 Å². The Bertz CT molecular complexity index is 442. The predicted molar refractivity (Wildman–Crippen MR) is 82.8 cm³/mol. The molecule has 0 aliphatic heterocycles. The molecule has 1 aromatic rings. The molecule has 0 aromatic heterocycles. The van der Waals surface area contributed by atoms with Gasteiger partial charge in [0.2, 0.25) is 5.91 Å². The van der Waals surface area contributed by atoms with Crippen molar-refractivity contribution in [3.8, 4) is 0 Å². The van der Waals surface area contributed by atoms with E-state index in [0.717, 1.165) is 17.8 Å². The third-order valence-electron chi connectivity index (χ3n) is 3.06. The van der Waals surface area contributed by atoms with E-state index >= 15 is 0 Å². The smallest absolute Gasteiger partial charge is 0.227 e. The van der Waals surface area contributed by atoms with Crippen LogP contribution in [-0.4, -0.2) is 24.7 Å². The summed E-state index contributed by atoms with van der Waals surface area (Å²) in [5, 5.41) is 6.27. The number of hydrogen-bond donors (Lipinski definition) is 2. The largest absolute Gasteiger partial charge is 0.378 e. The minimum Gasteiger partial charge on any atom is -0.378 e. The standard InChI is InChI=1S/C16H26N2O2/c1-12(2)17-11-13-7-6-8-14(9-13)18-15(19)10-16(3,4)20-5/h6-9,12,17H,10-11H2,1-5H3,(H,18,19). The molecule has 2 N–H and O–H groups in total. The number of benzene rings is 1. The first kappa shape index (κ1) is 16.7. The molecule has 0 heterocycles. The van der Waals surface area contributed by atoms with Gasteiger partial charge in [0.25, 0.3) is 0 Å². The molecule has 0 bridgehead atoms. The molecule has 0 atom stereocenters. The maximum Gasteiger partial charge on any atom is 0.227 e. The van der Waals surface area contributed by atoms with E-state index in [0.29, 0.717) is 12.5 Å². The van der Waals surface area contributed by atoms with E-state index in [-0.39, 0.29) is 5.91 Å². The second-order valence-corrected chi connectivity index (χ2v) is 5.92. The van der Waals surface area contributed by atoms with Crippen LogP contribution < -0.4 is 10.6 Å². The van der Waals surface area contributed by atoms with E-state index in [1.807, 2.05) is 38.1 Å². The van der Waals surface area contributed by atoms with Gasteiger partial charge in [-0.05, 0) is 31.5 Å². The summed E-state index contributed by atoms with van der Waals surface area (Å²) in [4.78, 5) is 12.0. The molecular weight excluding hydrogens is 252 g/mol. The fraction of sp³-hybridized carbons (Fsp3) is 0.562. The molecule has 0 saturated carbocycles. The minimum absolute atomic E-state index is 0.0363. The molecule has 0 unspecified atom stereocenters. The second-order valence-electron chi connectivity index (χ2n) is 5.92. The highest BCUT2D eigenvalue weighted by Crippen LogP contribution is 2.16. The summed E-state index contributed by atoms with van der Waals surface area (Å²) >= 11 is 0. The number of ether oxygens (including phenoxy) is 1. The van der Waals surface area contributed by atoms with Gasteiger partial charge in [0, 0.05) is 25.4 Å². The lowest BCUT2D eigenvalue weighted by Gasteiger charge is -2.22. The molecule has 1 rings (SSSR count). The fourth-order valence-corrected chi connectivity index (χ4v) is 1.75. The lowest BCUT2D eigenvalue weighted by Crippen LogP contribution is -2.29. The van der Waals surface area contributed by atoms with Crippen LogP contribution in [0.4, 0.5) is 5.69 Å². The van der Waals surface area contributed by atoms with Crippen LogP contribution in [0, 0.1) is 0 Å². The van der Waals surface area contributed by atoms with Gasteiger partial charge in [-0.1, -0.05) is 26.0 Å². The highest BCUT2D eigenvalue weighted by atomic mass is 16.5. The highest BCUT2D eigenvalue weighted by Gasteiger charge is 2.20. The van der Waals surface area contributed by atoms with Gasteiger partial charge in [0.1, 0.15) is 0 Å². The Kier molecular flexibility index (Phi) is 6.17. The van der Waals surface area contributed by atoms with Crippen molar-refractivity contribution in [3.05, 3.63) is 29.8 Å². The normalized spacial score (nSPS) is 11.7. The van der Waals surface area contributed by atoms with Crippen molar-refractivity contribution in [1.29, 1.82) is 0 Å². The van der Waals surface area contributed by atoms with E-state index in [2.05, 4.69) is 24.5 Å². The lowest BCUT2D eigenvalue weighted by atomic mass is 10.0. The summed E-state index contributed by atoms with van der Waals surface area (Å²) in [5.41, 5.74) is 1.54. The third-order valence-corrected chi connectivity index (χ3v) is 3.06. The molecule has 0 spiro atoms. The maximum absolute atomic E-state index is 12.0. The van der Waals surface area contributed by atoms with Crippen molar-refractivity contribution < 1.29 is 9.53 Å². The Hall–Kier alpha value is -1.39. The number of methoxy groups -OCH3 is 1. The quantitative estimate of drug-likeness (QED) is 0.806. The van der Waals surface area contributed by atoms with Gasteiger partial charge in [-0.15, -0.1) is 0 Å². The molecule has 0 aliphatic rings. The SMILES string of the molecule is COC(C)(C)CC(=O)Nc1cccc(CNC(C)C)c1. The summed E-state index contributed by atoms with van der Waals surface area (Å²) in [6.07, 6.45) is 0.331. The molecule has 4 heteroatoms. The number of amides is 1. The number of rotatable bonds is 7. The minimum atomic E-state index is -0.444. The van der Waals surface area contributed by atoms with Crippen molar-refractivity contribution >= 4 is 11.6 Å². The zero-order valence-corrected chi connectivity index (χ0v) is 13.1. The van der Waals surface area contributed by atoms with Crippen molar-refractivity contribution in [2.75, 3.05) is 12.4 Å². The molecule has 0 saturated heterocycles. The van der Waals surface area contributed by atoms with Gasteiger partial charge in [0.15, 0.2) is 0 Å². The monoisotopic (exact) mass is 278 g/mol. The Labute approximate surface area is 121 Å². The Morgan fingerprint density at radius 1 is 1.35 bits per heavy atom. The number of nitrogens with one attached hydrogen (secondary N) is 2. The second kappa shape index (κ2) is 7.41. The van der Waals surface area contributed by atoms with Crippen LogP contribution in [0.25, 0.3) is 0 Å². The Morgan fingerprint density at radius 2 is 2.05 bits per heavy atom. The van der Waals surface area contributed by atoms with Gasteiger partial charge in [0.05, 0.1) is 12.0 Å². The Balaban J connectivity index is 2.59. The number of carbonyl (C=O) groups is 1. The topological polar surface area (TPSA) is 50.4 Å². The van der Waals surface area contributed by atoms with E-state index in [1.165, 1.54) is 0 Å². The number of hydrogen-bond acceptors (Lipinski definition) is 3.